The van der Waals surface area contributed by atoms with Crippen LogP contribution in [0.2, 0.25) is 0 Å². The number of amides is 3. The maximum Gasteiger partial charge on any atom is 0.315 e. The zero-order chi connectivity index (χ0) is 21.2. The molecule has 0 aliphatic carbocycles. The highest BCUT2D eigenvalue weighted by molar-refractivity contribution is 7.10. The highest BCUT2D eigenvalue weighted by Crippen LogP contribution is 2.29. The lowest BCUT2D eigenvalue weighted by Crippen LogP contribution is -2.42. The molecule has 0 spiro atoms. The van der Waals surface area contributed by atoms with Gasteiger partial charge in [-0.05, 0) is 48.9 Å². The van der Waals surface area contributed by atoms with E-state index in [0.717, 1.165) is 24.6 Å². The number of carbonyl (C=O) groups is 2. The number of likely N-dealkylation sites (tertiary alicyclic amines) is 1. The van der Waals surface area contributed by atoms with Crippen LogP contribution in [0.15, 0.2) is 47.8 Å². The molecule has 3 N–H and O–H groups in total. The molecule has 7 heteroatoms. The monoisotopic (exact) mass is 428 g/mol. The first-order chi connectivity index (χ1) is 14.6. The number of nitrogens with one attached hydrogen (secondary N) is 3. The number of hydrogen-bond donors (Lipinski definition) is 3. The third-order valence-corrected chi connectivity index (χ3v) is 6.53. The quantitative estimate of drug-likeness (QED) is 0.572. The predicted molar refractivity (Wildman–Crippen MR) is 121 cm³/mol. The first-order valence-corrected chi connectivity index (χ1v) is 11.6. The van der Waals surface area contributed by atoms with Crippen LogP contribution in [-0.2, 0) is 11.3 Å². The van der Waals surface area contributed by atoms with E-state index in [0.29, 0.717) is 19.6 Å². The molecule has 1 fully saturated rings. The summed E-state index contributed by atoms with van der Waals surface area (Å²) < 4.78 is 0. The molecule has 2 heterocycles. The van der Waals surface area contributed by atoms with Gasteiger partial charge in [0.25, 0.3) is 0 Å². The van der Waals surface area contributed by atoms with E-state index in [1.807, 2.05) is 30.3 Å². The molecule has 1 atom stereocenters. The lowest BCUT2D eigenvalue weighted by Gasteiger charge is -2.36. The lowest BCUT2D eigenvalue weighted by atomic mass is 9.97. The lowest BCUT2D eigenvalue weighted by molar-refractivity contribution is -0.121. The Morgan fingerprint density at radius 1 is 1.07 bits per heavy atom. The zero-order valence-corrected chi connectivity index (χ0v) is 18.4. The molecule has 1 unspecified atom stereocenters. The Morgan fingerprint density at radius 2 is 1.83 bits per heavy atom. The van der Waals surface area contributed by atoms with Crippen LogP contribution in [0.25, 0.3) is 0 Å². The minimum absolute atomic E-state index is 0.0368. The van der Waals surface area contributed by atoms with Crippen LogP contribution in [0.3, 0.4) is 0 Å². The van der Waals surface area contributed by atoms with Gasteiger partial charge in [0.1, 0.15) is 0 Å². The van der Waals surface area contributed by atoms with Crippen molar-refractivity contribution in [2.24, 2.45) is 5.92 Å². The van der Waals surface area contributed by atoms with Gasteiger partial charge in [0.2, 0.25) is 5.91 Å². The predicted octanol–water partition coefficient (Wildman–Crippen LogP) is 3.53. The minimum atomic E-state index is -0.259. The number of thiophene rings is 1. The van der Waals surface area contributed by atoms with Gasteiger partial charge in [-0.1, -0.05) is 43.3 Å². The molecule has 3 amide bonds. The van der Waals surface area contributed by atoms with Crippen molar-refractivity contribution in [3.63, 3.8) is 0 Å². The van der Waals surface area contributed by atoms with Gasteiger partial charge in [-0.2, -0.15) is 0 Å². The van der Waals surface area contributed by atoms with Gasteiger partial charge in [-0.15, -0.1) is 11.3 Å². The number of benzene rings is 1. The largest absolute Gasteiger partial charge is 0.354 e. The number of nitrogens with zero attached hydrogens (tertiary/aromatic N) is 1. The molecule has 1 aromatic carbocycles. The number of urea groups is 1. The normalized spacial score (nSPS) is 16.0. The maximum atomic E-state index is 12.3. The molecule has 0 bridgehead atoms. The van der Waals surface area contributed by atoms with Crippen molar-refractivity contribution >= 4 is 23.3 Å². The Bertz CT molecular complexity index is 774. The first kappa shape index (κ1) is 22.3. The number of carbonyl (C=O) groups excluding carboxylic acids is 2. The van der Waals surface area contributed by atoms with Gasteiger partial charge in [-0.3, -0.25) is 9.69 Å². The van der Waals surface area contributed by atoms with E-state index in [-0.39, 0.29) is 24.4 Å². The van der Waals surface area contributed by atoms with E-state index in [9.17, 15) is 9.59 Å². The summed E-state index contributed by atoms with van der Waals surface area (Å²) in [5.74, 6) is 0.740. The van der Waals surface area contributed by atoms with E-state index in [2.05, 4.69) is 45.3 Å². The summed E-state index contributed by atoms with van der Waals surface area (Å²) in [5, 5.41) is 10.7. The van der Waals surface area contributed by atoms with Crippen LogP contribution < -0.4 is 16.0 Å². The minimum Gasteiger partial charge on any atom is -0.354 e. The molecule has 2 aromatic rings. The van der Waals surface area contributed by atoms with Crippen molar-refractivity contribution in [2.45, 2.75) is 38.8 Å². The fourth-order valence-corrected chi connectivity index (χ4v) is 4.52. The summed E-state index contributed by atoms with van der Waals surface area (Å²) in [6, 6.07) is 13.9. The van der Waals surface area contributed by atoms with Crippen LogP contribution in [0, 0.1) is 5.92 Å². The van der Waals surface area contributed by atoms with Crippen molar-refractivity contribution in [1.82, 2.24) is 20.9 Å². The summed E-state index contributed by atoms with van der Waals surface area (Å²) in [6.45, 7) is 5.84. The van der Waals surface area contributed by atoms with Crippen LogP contribution in [0.1, 0.15) is 42.7 Å². The molecule has 1 saturated heterocycles. The molecular weight excluding hydrogens is 396 g/mol. The SMILES string of the molecule is CC1CCN(C(CNC(=O)CCNC(=O)NCc2ccccc2)c2cccs2)CC1. The Kier molecular flexibility index (Phi) is 8.71. The molecule has 1 aliphatic heterocycles. The van der Waals surface area contributed by atoms with Crippen LogP contribution in [0.4, 0.5) is 4.79 Å². The molecule has 1 aromatic heterocycles. The summed E-state index contributed by atoms with van der Waals surface area (Å²) >= 11 is 1.74. The summed E-state index contributed by atoms with van der Waals surface area (Å²) in [7, 11) is 0. The first-order valence-electron chi connectivity index (χ1n) is 10.7. The molecule has 3 rings (SSSR count). The fraction of sp³-hybridized carbons (Fsp3) is 0.478. The van der Waals surface area contributed by atoms with Gasteiger partial charge in [0.05, 0.1) is 6.04 Å². The Labute approximate surface area is 183 Å². The molecule has 162 valence electrons. The average molecular weight is 429 g/mol. The van der Waals surface area contributed by atoms with Crippen molar-refractivity contribution in [3.8, 4) is 0 Å². The summed E-state index contributed by atoms with van der Waals surface area (Å²) in [4.78, 5) is 28.0. The second kappa shape index (κ2) is 11.7. The van der Waals surface area contributed by atoms with Crippen molar-refractivity contribution in [2.75, 3.05) is 26.2 Å². The third kappa shape index (κ3) is 7.15. The van der Waals surface area contributed by atoms with Crippen molar-refractivity contribution in [1.29, 1.82) is 0 Å². The highest BCUT2D eigenvalue weighted by atomic mass is 32.1. The van der Waals surface area contributed by atoms with E-state index < -0.39 is 0 Å². The smallest absolute Gasteiger partial charge is 0.315 e. The highest BCUT2D eigenvalue weighted by Gasteiger charge is 2.25. The second-order valence-electron chi connectivity index (χ2n) is 7.90. The van der Waals surface area contributed by atoms with Gasteiger partial charge >= 0.3 is 6.03 Å². The fourth-order valence-electron chi connectivity index (χ4n) is 3.66. The topological polar surface area (TPSA) is 73.5 Å². The van der Waals surface area contributed by atoms with Crippen molar-refractivity contribution < 1.29 is 9.59 Å². The Balaban J connectivity index is 1.37. The van der Waals surface area contributed by atoms with Crippen LogP contribution in [-0.4, -0.2) is 43.0 Å². The number of hydrogen-bond acceptors (Lipinski definition) is 4. The molecule has 1 aliphatic rings. The number of rotatable bonds is 9. The van der Waals surface area contributed by atoms with Crippen LogP contribution >= 0.6 is 11.3 Å². The van der Waals surface area contributed by atoms with Gasteiger partial charge < -0.3 is 16.0 Å². The standard InChI is InChI=1S/C23H32N4O2S/c1-18-10-13-27(14-11-18)20(21-8-5-15-30-21)17-25-22(28)9-12-24-23(29)26-16-19-6-3-2-4-7-19/h2-8,15,18,20H,9-14,16-17H2,1H3,(H,25,28)(H2,24,26,29). The molecular formula is C23H32N4O2S. The molecule has 30 heavy (non-hydrogen) atoms. The Morgan fingerprint density at radius 3 is 2.53 bits per heavy atom. The van der Waals surface area contributed by atoms with Gasteiger partial charge in [0.15, 0.2) is 0 Å². The van der Waals surface area contributed by atoms with Gasteiger partial charge in [-0.25, -0.2) is 4.79 Å². The number of piperidine rings is 1. The average Bonchev–Trinajstić information content (AvgIpc) is 3.29. The third-order valence-electron chi connectivity index (χ3n) is 5.56. The van der Waals surface area contributed by atoms with Crippen LogP contribution in [0.5, 0.6) is 0 Å². The molecule has 0 saturated carbocycles. The van der Waals surface area contributed by atoms with E-state index in [1.54, 1.807) is 11.3 Å². The summed E-state index contributed by atoms with van der Waals surface area (Å²) in [6.07, 6.45) is 2.68. The molecule has 0 radical (unpaired) electrons. The molecule has 6 nitrogen and oxygen atoms in total. The van der Waals surface area contributed by atoms with Crippen molar-refractivity contribution in [3.05, 3.63) is 58.3 Å². The van der Waals surface area contributed by atoms with E-state index >= 15 is 0 Å². The maximum absolute atomic E-state index is 12.3. The summed E-state index contributed by atoms with van der Waals surface area (Å²) in [5.41, 5.74) is 1.04. The van der Waals surface area contributed by atoms with E-state index in [4.69, 9.17) is 0 Å². The second-order valence-corrected chi connectivity index (χ2v) is 8.88. The van der Waals surface area contributed by atoms with E-state index in [1.165, 1.54) is 17.7 Å². The van der Waals surface area contributed by atoms with Gasteiger partial charge in [0, 0.05) is 30.9 Å². The Hall–Kier alpha value is -2.38. The zero-order valence-electron chi connectivity index (χ0n) is 17.6.